The van der Waals surface area contributed by atoms with Crippen molar-refractivity contribution in [1.29, 1.82) is 0 Å². The van der Waals surface area contributed by atoms with Crippen LogP contribution in [0.5, 0.6) is 0 Å². The molecule has 0 saturated heterocycles. The van der Waals surface area contributed by atoms with Crippen LogP contribution in [0.2, 0.25) is 0 Å². The summed E-state index contributed by atoms with van der Waals surface area (Å²) in [5, 5.41) is 7.14. The van der Waals surface area contributed by atoms with Crippen molar-refractivity contribution in [2.75, 3.05) is 10.0 Å². The van der Waals surface area contributed by atoms with Crippen LogP contribution in [-0.4, -0.2) is 34.1 Å². The molecule has 0 unspecified atom stereocenters. The molecule has 2 aromatic carbocycles. The first-order valence-corrected chi connectivity index (χ1v) is 10.7. The molecule has 0 atom stereocenters. The highest BCUT2D eigenvalue weighted by atomic mass is 32.2. The zero-order valence-corrected chi connectivity index (χ0v) is 17.2. The second-order valence-corrected chi connectivity index (χ2v) is 8.24. The third-order valence-corrected chi connectivity index (χ3v) is 5.74. The number of aryl methyl sites for hydroxylation is 1. The van der Waals surface area contributed by atoms with Gasteiger partial charge in [-0.3, -0.25) is 9.48 Å². The number of benzene rings is 2. The molecule has 0 aliphatic rings. The van der Waals surface area contributed by atoms with Crippen LogP contribution < -0.4 is 10.0 Å². The molecular weight excluding hydrogens is 416 g/mol. The smallest absolute Gasteiger partial charge is 0.273 e. The standard InChI is InChI=1S/C21H18N6O3S/c1-27-19(14-18(25-27)15-6-3-2-4-7-15)20(28)24-16-8-10-17(11-9-16)31(29,30)26-21-22-12-5-13-23-21/h2-14H,1H3,(H,24,28)(H,22,23,26). The number of rotatable bonds is 6. The highest BCUT2D eigenvalue weighted by molar-refractivity contribution is 7.92. The molecule has 0 bridgehead atoms. The highest BCUT2D eigenvalue weighted by Crippen LogP contribution is 2.20. The second-order valence-electron chi connectivity index (χ2n) is 6.56. The number of anilines is 2. The zero-order valence-electron chi connectivity index (χ0n) is 16.4. The normalized spacial score (nSPS) is 11.1. The first-order valence-electron chi connectivity index (χ1n) is 9.23. The lowest BCUT2D eigenvalue weighted by atomic mass is 10.1. The Labute approximate surface area is 178 Å². The average Bonchev–Trinajstić information content (AvgIpc) is 3.17. The summed E-state index contributed by atoms with van der Waals surface area (Å²) < 4.78 is 28.7. The number of carbonyl (C=O) groups excluding carboxylic acids is 1. The fraction of sp³-hybridized carbons (Fsp3) is 0.0476. The number of amides is 1. The molecule has 156 valence electrons. The molecule has 2 aromatic heterocycles. The van der Waals surface area contributed by atoms with Crippen molar-refractivity contribution in [3.63, 3.8) is 0 Å². The summed E-state index contributed by atoms with van der Waals surface area (Å²) in [7, 11) is -2.16. The van der Waals surface area contributed by atoms with Gasteiger partial charge in [0.25, 0.3) is 15.9 Å². The zero-order chi connectivity index (χ0) is 21.8. The summed E-state index contributed by atoms with van der Waals surface area (Å²) in [5.74, 6) is -0.381. The molecule has 0 saturated carbocycles. The maximum Gasteiger partial charge on any atom is 0.273 e. The van der Waals surface area contributed by atoms with Crippen LogP contribution in [-0.2, 0) is 17.1 Å². The SMILES string of the molecule is Cn1nc(-c2ccccc2)cc1C(=O)Nc1ccc(S(=O)(=O)Nc2ncccn2)cc1. The van der Waals surface area contributed by atoms with E-state index >= 15 is 0 Å². The summed E-state index contributed by atoms with van der Waals surface area (Å²) in [5.41, 5.74) is 2.41. The van der Waals surface area contributed by atoms with E-state index in [-0.39, 0.29) is 16.8 Å². The van der Waals surface area contributed by atoms with Gasteiger partial charge in [-0.2, -0.15) is 5.10 Å². The number of aromatic nitrogens is 4. The van der Waals surface area contributed by atoms with Crippen molar-refractivity contribution in [2.45, 2.75) is 4.90 Å². The first-order chi connectivity index (χ1) is 14.9. The van der Waals surface area contributed by atoms with Gasteiger partial charge < -0.3 is 5.32 Å². The van der Waals surface area contributed by atoms with Crippen molar-refractivity contribution in [1.82, 2.24) is 19.7 Å². The van der Waals surface area contributed by atoms with Crippen LogP contribution in [0.4, 0.5) is 11.6 Å². The van der Waals surface area contributed by atoms with E-state index in [1.165, 1.54) is 41.3 Å². The largest absolute Gasteiger partial charge is 0.321 e. The van der Waals surface area contributed by atoms with Crippen molar-refractivity contribution < 1.29 is 13.2 Å². The van der Waals surface area contributed by atoms with Crippen molar-refractivity contribution >= 4 is 27.6 Å². The van der Waals surface area contributed by atoms with Crippen molar-refractivity contribution in [3.8, 4) is 11.3 Å². The van der Waals surface area contributed by atoms with Gasteiger partial charge in [0, 0.05) is 30.7 Å². The van der Waals surface area contributed by atoms with Gasteiger partial charge in [-0.25, -0.2) is 23.1 Å². The number of hydrogen-bond donors (Lipinski definition) is 2. The van der Waals surface area contributed by atoms with Gasteiger partial charge >= 0.3 is 0 Å². The molecule has 0 spiro atoms. The number of hydrogen-bond acceptors (Lipinski definition) is 6. The molecule has 0 radical (unpaired) electrons. The number of sulfonamides is 1. The van der Waals surface area contributed by atoms with Gasteiger partial charge in [-0.1, -0.05) is 30.3 Å². The van der Waals surface area contributed by atoms with Crippen LogP contribution in [0.15, 0.2) is 84.0 Å². The Bertz CT molecular complexity index is 1300. The number of carbonyl (C=O) groups is 1. The molecule has 2 N–H and O–H groups in total. The van der Waals surface area contributed by atoms with E-state index in [1.54, 1.807) is 19.2 Å². The summed E-state index contributed by atoms with van der Waals surface area (Å²) in [6, 6.07) is 18.6. The fourth-order valence-electron chi connectivity index (χ4n) is 2.87. The molecule has 31 heavy (non-hydrogen) atoms. The van der Waals surface area contributed by atoms with Gasteiger partial charge in [-0.05, 0) is 36.4 Å². The Morgan fingerprint density at radius 2 is 1.61 bits per heavy atom. The average molecular weight is 434 g/mol. The quantitative estimate of drug-likeness (QED) is 0.482. The molecule has 4 aromatic rings. The number of nitrogens with one attached hydrogen (secondary N) is 2. The summed E-state index contributed by atoms with van der Waals surface area (Å²) in [4.78, 5) is 20.4. The van der Waals surface area contributed by atoms with E-state index in [2.05, 4.69) is 25.1 Å². The summed E-state index contributed by atoms with van der Waals surface area (Å²) in [6.07, 6.45) is 2.87. The van der Waals surface area contributed by atoms with Gasteiger partial charge in [0.1, 0.15) is 5.69 Å². The van der Waals surface area contributed by atoms with E-state index in [0.717, 1.165) is 5.56 Å². The van der Waals surface area contributed by atoms with E-state index in [1.807, 2.05) is 30.3 Å². The molecule has 4 rings (SSSR count). The van der Waals surface area contributed by atoms with E-state index in [4.69, 9.17) is 0 Å². The predicted octanol–water partition coefficient (Wildman–Crippen LogP) is 2.93. The minimum atomic E-state index is -3.85. The van der Waals surface area contributed by atoms with E-state index in [9.17, 15) is 13.2 Å². The van der Waals surface area contributed by atoms with Crippen LogP contribution in [0.1, 0.15) is 10.5 Å². The summed E-state index contributed by atoms with van der Waals surface area (Å²) in [6.45, 7) is 0. The third-order valence-electron chi connectivity index (χ3n) is 4.40. The first kappa shape index (κ1) is 20.2. The van der Waals surface area contributed by atoms with Crippen LogP contribution in [0.25, 0.3) is 11.3 Å². The van der Waals surface area contributed by atoms with Crippen molar-refractivity contribution in [2.24, 2.45) is 7.05 Å². The van der Waals surface area contributed by atoms with E-state index < -0.39 is 10.0 Å². The lowest BCUT2D eigenvalue weighted by molar-refractivity contribution is 0.101. The van der Waals surface area contributed by atoms with Crippen molar-refractivity contribution in [3.05, 3.63) is 84.8 Å². The van der Waals surface area contributed by atoms with Crippen LogP contribution in [0, 0.1) is 0 Å². The number of nitrogens with zero attached hydrogens (tertiary/aromatic N) is 4. The van der Waals surface area contributed by atoms with Crippen LogP contribution in [0.3, 0.4) is 0 Å². The Hall–Kier alpha value is -4.05. The molecule has 2 heterocycles. The minimum absolute atomic E-state index is 0.0184. The van der Waals surface area contributed by atoms with Gasteiger partial charge in [0.05, 0.1) is 10.6 Å². The summed E-state index contributed by atoms with van der Waals surface area (Å²) >= 11 is 0. The maximum atomic E-state index is 12.7. The Morgan fingerprint density at radius 3 is 2.29 bits per heavy atom. The molecule has 1 amide bonds. The maximum absolute atomic E-state index is 12.7. The Kier molecular flexibility index (Phi) is 5.46. The third kappa shape index (κ3) is 4.59. The van der Waals surface area contributed by atoms with Gasteiger partial charge in [0.15, 0.2) is 0 Å². The predicted molar refractivity (Wildman–Crippen MR) is 116 cm³/mol. The molecule has 0 fully saturated rings. The van der Waals surface area contributed by atoms with Crippen LogP contribution >= 0.6 is 0 Å². The van der Waals surface area contributed by atoms with Gasteiger partial charge in [0.2, 0.25) is 5.95 Å². The minimum Gasteiger partial charge on any atom is -0.321 e. The van der Waals surface area contributed by atoms with Gasteiger partial charge in [-0.15, -0.1) is 0 Å². The highest BCUT2D eigenvalue weighted by Gasteiger charge is 2.17. The topological polar surface area (TPSA) is 119 Å². The van der Waals surface area contributed by atoms with E-state index in [0.29, 0.717) is 17.1 Å². The Morgan fingerprint density at radius 1 is 0.935 bits per heavy atom. The second kappa shape index (κ2) is 8.36. The lowest BCUT2D eigenvalue weighted by Crippen LogP contribution is -2.17. The molecule has 0 aliphatic carbocycles. The molecule has 0 aliphatic heterocycles. The molecule has 10 heteroatoms. The molecular formula is C21H18N6O3S. The Balaban J connectivity index is 1.48. The fourth-order valence-corrected chi connectivity index (χ4v) is 3.83. The molecule has 9 nitrogen and oxygen atoms in total. The monoisotopic (exact) mass is 434 g/mol. The lowest BCUT2D eigenvalue weighted by Gasteiger charge is -2.08.